The Hall–Kier alpha value is -2.70. The van der Waals surface area contributed by atoms with Crippen molar-refractivity contribution in [2.24, 2.45) is 0 Å². The van der Waals surface area contributed by atoms with Crippen LogP contribution in [0.1, 0.15) is 16.1 Å². The molecule has 0 radical (unpaired) electrons. The van der Waals surface area contributed by atoms with E-state index in [2.05, 4.69) is 25.6 Å². The molecule has 0 unspecified atom stereocenters. The molecular formula is C17H13Cl2N5O. The van der Waals surface area contributed by atoms with Crippen molar-refractivity contribution in [1.82, 2.24) is 15.0 Å². The molecule has 3 rings (SSSR count). The highest BCUT2D eigenvalue weighted by Gasteiger charge is 2.12. The van der Waals surface area contributed by atoms with Crippen LogP contribution in [0.5, 0.6) is 0 Å². The summed E-state index contributed by atoms with van der Waals surface area (Å²) in [7, 11) is 0. The highest BCUT2D eigenvalue weighted by Crippen LogP contribution is 2.29. The maximum atomic E-state index is 12.4. The van der Waals surface area contributed by atoms with E-state index in [1.807, 2.05) is 12.1 Å². The summed E-state index contributed by atoms with van der Waals surface area (Å²) in [5.41, 5.74) is 1.61. The first-order valence-electron chi connectivity index (χ1n) is 7.34. The molecule has 0 fully saturated rings. The summed E-state index contributed by atoms with van der Waals surface area (Å²) < 4.78 is 0. The number of nitrogens with zero attached hydrogens (tertiary/aromatic N) is 3. The van der Waals surface area contributed by atoms with E-state index in [1.54, 1.807) is 30.6 Å². The topological polar surface area (TPSA) is 79.8 Å². The van der Waals surface area contributed by atoms with Gasteiger partial charge in [0.05, 0.1) is 15.7 Å². The van der Waals surface area contributed by atoms with Crippen molar-refractivity contribution < 1.29 is 4.79 Å². The summed E-state index contributed by atoms with van der Waals surface area (Å²) in [5.74, 6) is -0.0651. The van der Waals surface area contributed by atoms with Gasteiger partial charge in [0, 0.05) is 25.1 Å². The molecule has 126 valence electrons. The van der Waals surface area contributed by atoms with Crippen LogP contribution < -0.4 is 10.6 Å². The molecule has 3 aromatic rings. The first-order chi connectivity index (χ1) is 12.1. The number of nitrogens with one attached hydrogen (secondary N) is 2. The number of anilines is 2. The molecule has 6 nitrogen and oxygen atoms in total. The van der Waals surface area contributed by atoms with E-state index in [9.17, 15) is 4.79 Å². The van der Waals surface area contributed by atoms with Crippen molar-refractivity contribution in [3.8, 4) is 0 Å². The third-order valence-corrected chi connectivity index (χ3v) is 4.08. The zero-order chi connectivity index (χ0) is 17.6. The van der Waals surface area contributed by atoms with Crippen molar-refractivity contribution in [3.63, 3.8) is 0 Å². The van der Waals surface area contributed by atoms with Gasteiger partial charge < -0.3 is 10.6 Å². The minimum Gasteiger partial charge on any atom is -0.350 e. The Labute approximate surface area is 154 Å². The smallest absolute Gasteiger partial charge is 0.274 e. The quantitative estimate of drug-likeness (QED) is 0.705. The van der Waals surface area contributed by atoms with Gasteiger partial charge >= 0.3 is 0 Å². The van der Waals surface area contributed by atoms with Gasteiger partial charge in [-0.05, 0) is 29.8 Å². The molecule has 0 saturated carbocycles. The summed E-state index contributed by atoms with van der Waals surface area (Å²) in [4.78, 5) is 24.7. The lowest BCUT2D eigenvalue weighted by Gasteiger charge is -2.09. The number of benzene rings is 1. The number of hydrogen-bond acceptors (Lipinski definition) is 5. The predicted molar refractivity (Wildman–Crippen MR) is 98.0 cm³/mol. The van der Waals surface area contributed by atoms with Crippen LogP contribution >= 0.6 is 23.2 Å². The van der Waals surface area contributed by atoms with Gasteiger partial charge in [0.2, 0.25) is 5.95 Å². The molecule has 0 bridgehead atoms. The SMILES string of the molecule is O=C(Nc1cccc(Cl)c1Cl)c1ccnc(NCc2cccnc2)n1. The molecule has 8 heteroatoms. The minimum atomic E-state index is -0.406. The minimum absolute atomic E-state index is 0.208. The molecule has 0 aliphatic rings. The van der Waals surface area contributed by atoms with E-state index < -0.39 is 5.91 Å². The molecule has 0 spiro atoms. The normalized spacial score (nSPS) is 10.3. The number of halogens is 2. The fraction of sp³-hybridized carbons (Fsp3) is 0.0588. The van der Waals surface area contributed by atoms with Crippen LogP contribution in [-0.4, -0.2) is 20.9 Å². The predicted octanol–water partition coefficient (Wildman–Crippen LogP) is 4.04. The largest absolute Gasteiger partial charge is 0.350 e. The third kappa shape index (κ3) is 4.43. The first-order valence-corrected chi connectivity index (χ1v) is 8.10. The molecule has 0 aliphatic carbocycles. The van der Waals surface area contributed by atoms with Crippen LogP contribution in [0.2, 0.25) is 10.0 Å². The van der Waals surface area contributed by atoms with Crippen LogP contribution in [0.15, 0.2) is 55.0 Å². The second-order valence-corrected chi connectivity index (χ2v) is 5.82. The lowest BCUT2D eigenvalue weighted by atomic mass is 10.3. The Morgan fingerprint density at radius 2 is 1.96 bits per heavy atom. The van der Waals surface area contributed by atoms with E-state index in [-0.39, 0.29) is 10.7 Å². The number of hydrogen-bond donors (Lipinski definition) is 2. The van der Waals surface area contributed by atoms with Gasteiger partial charge in [-0.3, -0.25) is 9.78 Å². The Morgan fingerprint density at radius 3 is 2.76 bits per heavy atom. The Balaban J connectivity index is 1.70. The number of carbonyl (C=O) groups excluding carboxylic acids is 1. The molecule has 0 saturated heterocycles. The Kier molecular flexibility index (Phi) is 5.42. The van der Waals surface area contributed by atoms with Crippen molar-refractivity contribution in [3.05, 3.63) is 76.3 Å². The summed E-state index contributed by atoms with van der Waals surface area (Å²) in [6, 6.07) is 10.3. The number of rotatable bonds is 5. The number of carbonyl (C=O) groups is 1. The second-order valence-electron chi connectivity index (χ2n) is 5.04. The lowest BCUT2D eigenvalue weighted by molar-refractivity contribution is 0.102. The number of aromatic nitrogens is 3. The van der Waals surface area contributed by atoms with Crippen LogP contribution in [0.3, 0.4) is 0 Å². The van der Waals surface area contributed by atoms with E-state index >= 15 is 0 Å². The van der Waals surface area contributed by atoms with Crippen LogP contribution in [0, 0.1) is 0 Å². The molecule has 2 aromatic heterocycles. The Bertz CT molecular complexity index is 889. The van der Waals surface area contributed by atoms with Gasteiger partial charge in [-0.1, -0.05) is 35.3 Å². The fourth-order valence-electron chi connectivity index (χ4n) is 2.04. The molecule has 2 heterocycles. The summed E-state index contributed by atoms with van der Waals surface area (Å²) in [6.07, 6.45) is 4.95. The van der Waals surface area contributed by atoms with Crippen molar-refractivity contribution in [1.29, 1.82) is 0 Å². The molecule has 2 N–H and O–H groups in total. The number of pyridine rings is 1. The van der Waals surface area contributed by atoms with Gasteiger partial charge in [-0.2, -0.15) is 0 Å². The standard InChI is InChI=1S/C17H13Cl2N5O/c18-12-4-1-5-13(15(12)19)23-16(25)14-6-8-21-17(24-14)22-10-11-3-2-7-20-9-11/h1-9H,10H2,(H,23,25)(H,21,22,24). The fourth-order valence-corrected chi connectivity index (χ4v) is 2.39. The van der Waals surface area contributed by atoms with E-state index in [1.165, 1.54) is 12.3 Å². The van der Waals surface area contributed by atoms with Gasteiger partial charge in [0.15, 0.2) is 0 Å². The summed E-state index contributed by atoms with van der Waals surface area (Å²) in [5, 5.41) is 6.38. The van der Waals surface area contributed by atoms with Gasteiger partial charge in [-0.25, -0.2) is 9.97 Å². The lowest BCUT2D eigenvalue weighted by Crippen LogP contribution is -2.15. The van der Waals surface area contributed by atoms with Crippen LogP contribution in [0.25, 0.3) is 0 Å². The average molecular weight is 374 g/mol. The third-order valence-electron chi connectivity index (χ3n) is 3.26. The monoisotopic (exact) mass is 373 g/mol. The molecule has 0 aliphatic heterocycles. The van der Waals surface area contributed by atoms with Crippen molar-refractivity contribution in [2.75, 3.05) is 10.6 Å². The number of amides is 1. The van der Waals surface area contributed by atoms with Gasteiger partial charge in [0.1, 0.15) is 5.69 Å². The zero-order valence-electron chi connectivity index (χ0n) is 12.9. The zero-order valence-corrected chi connectivity index (χ0v) is 14.4. The highest BCUT2D eigenvalue weighted by atomic mass is 35.5. The molecule has 1 amide bonds. The maximum absolute atomic E-state index is 12.4. The van der Waals surface area contributed by atoms with Crippen LogP contribution in [-0.2, 0) is 6.54 Å². The van der Waals surface area contributed by atoms with Crippen molar-refractivity contribution in [2.45, 2.75) is 6.54 Å². The molecule has 25 heavy (non-hydrogen) atoms. The second kappa shape index (κ2) is 7.92. The van der Waals surface area contributed by atoms with Crippen molar-refractivity contribution >= 4 is 40.7 Å². The first kappa shape index (κ1) is 17.1. The van der Waals surface area contributed by atoms with Gasteiger partial charge in [-0.15, -0.1) is 0 Å². The molecular weight excluding hydrogens is 361 g/mol. The molecule has 0 atom stereocenters. The van der Waals surface area contributed by atoms with Gasteiger partial charge in [0.25, 0.3) is 5.91 Å². The van der Waals surface area contributed by atoms with E-state index in [0.29, 0.717) is 23.2 Å². The highest BCUT2D eigenvalue weighted by molar-refractivity contribution is 6.44. The van der Waals surface area contributed by atoms with Crippen LogP contribution in [0.4, 0.5) is 11.6 Å². The van der Waals surface area contributed by atoms with E-state index in [0.717, 1.165) is 5.56 Å². The summed E-state index contributed by atoms with van der Waals surface area (Å²) >= 11 is 12.0. The van der Waals surface area contributed by atoms with E-state index in [4.69, 9.17) is 23.2 Å². The summed E-state index contributed by atoms with van der Waals surface area (Å²) in [6.45, 7) is 0.499. The molecule has 1 aromatic carbocycles. The Morgan fingerprint density at radius 1 is 1.08 bits per heavy atom. The average Bonchev–Trinajstić information content (AvgIpc) is 2.65. The maximum Gasteiger partial charge on any atom is 0.274 e.